The van der Waals surface area contributed by atoms with Gasteiger partial charge in [-0.3, -0.25) is 4.68 Å². The third-order valence-electron chi connectivity index (χ3n) is 2.91. The molecular formula is C10H15ClN2O3S. The first-order valence-electron chi connectivity index (χ1n) is 5.50. The third-order valence-corrected chi connectivity index (χ3v) is 3.89. The molecule has 1 saturated heterocycles. The maximum atomic E-state index is 11.0. The Morgan fingerprint density at radius 1 is 1.53 bits per heavy atom. The van der Waals surface area contributed by atoms with Crippen LogP contribution in [0.3, 0.4) is 0 Å². The minimum atomic E-state index is -3.52. The second kappa shape index (κ2) is 4.96. The first-order valence-corrected chi connectivity index (χ1v) is 7.98. The van der Waals surface area contributed by atoms with E-state index in [0.29, 0.717) is 11.6 Å². The van der Waals surface area contributed by atoms with Crippen LogP contribution in [0.2, 0.25) is 0 Å². The van der Waals surface area contributed by atoms with Crippen LogP contribution in [0.15, 0.2) is 6.20 Å². The number of hydrogen-bond acceptors (Lipinski definition) is 4. The average molecular weight is 279 g/mol. The second-order valence-electron chi connectivity index (χ2n) is 4.25. The SMILES string of the molecule is Cc1nn(C2CCOCC2)cc1CS(=O)(=O)Cl. The minimum Gasteiger partial charge on any atom is -0.381 e. The van der Waals surface area contributed by atoms with Gasteiger partial charge in [-0.05, 0) is 19.8 Å². The van der Waals surface area contributed by atoms with E-state index in [-0.39, 0.29) is 5.75 Å². The Kier molecular flexibility index (Phi) is 3.75. The Balaban J connectivity index is 2.17. The van der Waals surface area contributed by atoms with Crippen LogP contribution in [0.25, 0.3) is 0 Å². The Bertz CT molecular complexity index is 492. The molecule has 1 aromatic heterocycles. The fourth-order valence-electron chi connectivity index (χ4n) is 1.98. The maximum absolute atomic E-state index is 11.0. The number of ether oxygens (including phenoxy) is 1. The number of halogens is 1. The lowest BCUT2D eigenvalue weighted by molar-refractivity contribution is 0.0661. The Morgan fingerprint density at radius 2 is 2.18 bits per heavy atom. The fraction of sp³-hybridized carbons (Fsp3) is 0.700. The van der Waals surface area contributed by atoms with Crippen molar-refractivity contribution in [2.24, 2.45) is 0 Å². The van der Waals surface area contributed by atoms with Crippen LogP contribution >= 0.6 is 10.7 Å². The summed E-state index contributed by atoms with van der Waals surface area (Å²) in [4.78, 5) is 0. The maximum Gasteiger partial charge on any atom is 0.236 e. The predicted octanol–water partition coefficient (Wildman–Crippen LogP) is 1.61. The Labute approximate surface area is 105 Å². The zero-order chi connectivity index (χ0) is 12.5. The van der Waals surface area contributed by atoms with Gasteiger partial charge in [0.2, 0.25) is 9.05 Å². The van der Waals surface area contributed by atoms with Crippen molar-refractivity contribution in [1.82, 2.24) is 9.78 Å². The summed E-state index contributed by atoms with van der Waals surface area (Å²) in [7, 11) is 1.73. The monoisotopic (exact) mass is 278 g/mol. The number of hydrogen-bond donors (Lipinski definition) is 0. The summed E-state index contributed by atoms with van der Waals surface area (Å²) in [6, 6.07) is 0.300. The van der Waals surface area contributed by atoms with Gasteiger partial charge in [-0.25, -0.2) is 8.42 Å². The molecule has 0 unspecified atom stereocenters. The highest BCUT2D eigenvalue weighted by atomic mass is 35.7. The van der Waals surface area contributed by atoms with Crippen molar-refractivity contribution in [3.05, 3.63) is 17.5 Å². The van der Waals surface area contributed by atoms with Crippen LogP contribution in [-0.4, -0.2) is 31.4 Å². The van der Waals surface area contributed by atoms with E-state index in [0.717, 1.165) is 31.7 Å². The summed E-state index contributed by atoms with van der Waals surface area (Å²) < 4.78 is 29.2. The van der Waals surface area contributed by atoms with Crippen molar-refractivity contribution in [3.8, 4) is 0 Å². The first-order chi connectivity index (χ1) is 7.96. The van der Waals surface area contributed by atoms with E-state index in [4.69, 9.17) is 15.4 Å². The van der Waals surface area contributed by atoms with Crippen molar-refractivity contribution in [2.45, 2.75) is 31.6 Å². The van der Waals surface area contributed by atoms with Crippen LogP contribution in [0.5, 0.6) is 0 Å². The highest BCUT2D eigenvalue weighted by molar-refractivity contribution is 8.13. The molecule has 0 aromatic carbocycles. The van der Waals surface area contributed by atoms with Gasteiger partial charge in [0.25, 0.3) is 0 Å². The molecule has 0 amide bonds. The van der Waals surface area contributed by atoms with Crippen LogP contribution in [0.1, 0.15) is 30.1 Å². The van der Waals surface area contributed by atoms with Crippen LogP contribution in [0.4, 0.5) is 0 Å². The number of aryl methyl sites for hydroxylation is 1. The van der Waals surface area contributed by atoms with Crippen molar-refractivity contribution < 1.29 is 13.2 Å². The average Bonchev–Trinajstić information content (AvgIpc) is 2.59. The van der Waals surface area contributed by atoms with E-state index >= 15 is 0 Å². The fourth-order valence-corrected chi connectivity index (χ4v) is 2.99. The molecule has 1 fully saturated rings. The predicted molar refractivity (Wildman–Crippen MR) is 64.5 cm³/mol. The van der Waals surface area contributed by atoms with E-state index in [1.165, 1.54) is 0 Å². The van der Waals surface area contributed by atoms with Crippen LogP contribution < -0.4 is 0 Å². The molecule has 0 radical (unpaired) electrons. The lowest BCUT2D eigenvalue weighted by Crippen LogP contribution is -2.19. The Hall–Kier alpha value is -0.590. The highest BCUT2D eigenvalue weighted by Crippen LogP contribution is 2.22. The highest BCUT2D eigenvalue weighted by Gasteiger charge is 2.19. The topological polar surface area (TPSA) is 61.2 Å². The second-order valence-corrected chi connectivity index (χ2v) is 7.02. The molecule has 96 valence electrons. The molecule has 2 heterocycles. The van der Waals surface area contributed by atoms with Gasteiger partial charge in [0.15, 0.2) is 0 Å². The van der Waals surface area contributed by atoms with Gasteiger partial charge < -0.3 is 4.74 Å². The summed E-state index contributed by atoms with van der Waals surface area (Å²) in [5.41, 5.74) is 1.40. The molecule has 1 aromatic rings. The van der Waals surface area contributed by atoms with Gasteiger partial charge in [0.1, 0.15) is 0 Å². The van der Waals surface area contributed by atoms with Crippen molar-refractivity contribution in [3.63, 3.8) is 0 Å². The molecular weight excluding hydrogens is 264 g/mol. The summed E-state index contributed by atoms with van der Waals surface area (Å²) in [5, 5.41) is 4.36. The molecule has 5 nitrogen and oxygen atoms in total. The summed E-state index contributed by atoms with van der Waals surface area (Å²) in [6.45, 7) is 3.26. The molecule has 2 rings (SSSR count). The molecule has 7 heteroatoms. The standard InChI is InChI=1S/C10H15ClN2O3S/c1-8-9(7-17(11,14)15)6-13(12-8)10-2-4-16-5-3-10/h6,10H,2-5,7H2,1H3. The van der Waals surface area contributed by atoms with Gasteiger partial charge in [-0.15, -0.1) is 0 Å². The molecule has 0 bridgehead atoms. The summed E-state index contributed by atoms with van der Waals surface area (Å²) >= 11 is 0. The van der Waals surface area contributed by atoms with E-state index in [9.17, 15) is 8.42 Å². The molecule has 0 saturated carbocycles. The molecule has 0 spiro atoms. The van der Waals surface area contributed by atoms with Crippen LogP contribution in [-0.2, 0) is 19.5 Å². The quantitative estimate of drug-likeness (QED) is 0.788. The molecule has 0 N–H and O–H groups in total. The lowest BCUT2D eigenvalue weighted by Gasteiger charge is -2.22. The van der Waals surface area contributed by atoms with Crippen molar-refractivity contribution in [2.75, 3.05) is 13.2 Å². The number of nitrogens with zero attached hydrogens (tertiary/aromatic N) is 2. The summed E-state index contributed by atoms with van der Waals surface area (Å²) in [5.74, 6) is -0.163. The molecule has 1 aliphatic rings. The first kappa shape index (κ1) is 12.9. The summed E-state index contributed by atoms with van der Waals surface area (Å²) in [6.07, 6.45) is 3.60. The van der Waals surface area contributed by atoms with Gasteiger partial charge in [-0.2, -0.15) is 5.10 Å². The van der Waals surface area contributed by atoms with Gasteiger partial charge in [0.05, 0.1) is 17.5 Å². The normalized spacial score (nSPS) is 18.5. The van der Waals surface area contributed by atoms with E-state index < -0.39 is 9.05 Å². The van der Waals surface area contributed by atoms with Gasteiger partial charge in [-0.1, -0.05) is 0 Å². The zero-order valence-corrected chi connectivity index (χ0v) is 11.2. The molecule has 1 aliphatic heterocycles. The largest absolute Gasteiger partial charge is 0.381 e. The minimum absolute atomic E-state index is 0.163. The van der Waals surface area contributed by atoms with E-state index in [1.54, 1.807) is 13.1 Å². The molecule has 17 heavy (non-hydrogen) atoms. The lowest BCUT2D eigenvalue weighted by atomic mass is 10.1. The molecule has 0 aliphatic carbocycles. The third kappa shape index (κ3) is 3.43. The molecule has 0 atom stereocenters. The van der Waals surface area contributed by atoms with Crippen LogP contribution in [0, 0.1) is 6.92 Å². The van der Waals surface area contributed by atoms with E-state index in [1.807, 2.05) is 4.68 Å². The smallest absolute Gasteiger partial charge is 0.236 e. The van der Waals surface area contributed by atoms with Gasteiger partial charge >= 0.3 is 0 Å². The zero-order valence-electron chi connectivity index (χ0n) is 9.60. The van der Waals surface area contributed by atoms with Crippen molar-refractivity contribution >= 4 is 19.7 Å². The van der Waals surface area contributed by atoms with Crippen molar-refractivity contribution in [1.29, 1.82) is 0 Å². The van der Waals surface area contributed by atoms with E-state index in [2.05, 4.69) is 5.10 Å². The van der Waals surface area contributed by atoms with Gasteiger partial charge in [0, 0.05) is 35.7 Å². The number of aromatic nitrogens is 2. The Morgan fingerprint density at radius 3 is 2.76 bits per heavy atom. The number of rotatable bonds is 3.